The minimum Gasteiger partial charge on any atom is -0.354 e. The van der Waals surface area contributed by atoms with E-state index in [4.69, 9.17) is 11.6 Å². The summed E-state index contributed by atoms with van der Waals surface area (Å²) in [6.45, 7) is 4.98. The molecule has 30 heavy (non-hydrogen) atoms. The highest BCUT2D eigenvalue weighted by Crippen LogP contribution is 2.43. The Labute approximate surface area is 177 Å². The van der Waals surface area contributed by atoms with Gasteiger partial charge in [-0.15, -0.1) is 0 Å². The molecule has 1 aliphatic heterocycles. The first-order valence-electron chi connectivity index (χ1n) is 9.58. The quantitative estimate of drug-likeness (QED) is 0.749. The van der Waals surface area contributed by atoms with Gasteiger partial charge in [0.15, 0.2) is 0 Å². The number of aromatic nitrogens is 1. The van der Waals surface area contributed by atoms with Crippen LogP contribution >= 0.6 is 11.6 Å². The summed E-state index contributed by atoms with van der Waals surface area (Å²) in [7, 11) is 1.45. The van der Waals surface area contributed by atoms with Crippen LogP contribution in [0.25, 0.3) is 11.1 Å². The molecule has 0 bridgehead atoms. The van der Waals surface area contributed by atoms with E-state index in [-0.39, 0.29) is 22.7 Å². The van der Waals surface area contributed by atoms with Gasteiger partial charge in [0.25, 0.3) is 5.91 Å². The van der Waals surface area contributed by atoms with Crippen molar-refractivity contribution in [1.82, 2.24) is 14.8 Å². The molecule has 1 aromatic heterocycles. The predicted octanol–water partition coefficient (Wildman–Crippen LogP) is 4.68. The summed E-state index contributed by atoms with van der Waals surface area (Å²) in [5, 5.41) is 3.09. The maximum Gasteiger partial charge on any atom is 0.431 e. The van der Waals surface area contributed by atoms with Crippen LogP contribution in [-0.4, -0.2) is 40.9 Å². The smallest absolute Gasteiger partial charge is 0.354 e. The summed E-state index contributed by atoms with van der Waals surface area (Å²) in [4.78, 5) is 26.8. The van der Waals surface area contributed by atoms with Gasteiger partial charge in [0.2, 0.25) is 5.91 Å². The maximum atomic E-state index is 14.0. The maximum absolute atomic E-state index is 14.0. The van der Waals surface area contributed by atoms with Crippen molar-refractivity contribution in [3.05, 3.63) is 46.2 Å². The van der Waals surface area contributed by atoms with Crippen LogP contribution < -0.4 is 5.32 Å². The minimum absolute atomic E-state index is 0.0360. The molecular formula is C21H23ClF3N3O2. The number of rotatable bonds is 4. The van der Waals surface area contributed by atoms with E-state index in [1.165, 1.54) is 18.9 Å². The van der Waals surface area contributed by atoms with Crippen molar-refractivity contribution in [1.29, 1.82) is 0 Å². The van der Waals surface area contributed by atoms with Crippen molar-refractivity contribution in [3.63, 3.8) is 0 Å². The molecule has 2 aromatic rings. The number of amides is 2. The van der Waals surface area contributed by atoms with E-state index in [0.717, 1.165) is 4.57 Å². The molecule has 1 aromatic carbocycles. The third-order valence-corrected chi connectivity index (χ3v) is 5.63. The number of carbonyl (C=O) groups excluding carboxylic acids is 2. The monoisotopic (exact) mass is 441 g/mol. The molecule has 2 amide bonds. The highest BCUT2D eigenvalue weighted by atomic mass is 35.5. The SMILES string of the molecule is Cc1c(-c2ccc(Cl)cc2)c(C(=O)N(C)C2CCNC2=O)n(C(C)C)c1C(F)(F)F. The van der Waals surface area contributed by atoms with Gasteiger partial charge >= 0.3 is 6.18 Å². The summed E-state index contributed by atoms with van der Waals surface area (Å²) in [6.07, 6.45) is -4.25. The van der Waals surface area contributed by atoms with Crippen LogP contribution in [0.4, 0.5) is 13.2 Å². The van der Waals surface area contributed by atoms with E-state index in [1.807, 2.05) is 0 Å². The van der Waals surface area contributed by atoms with Crippen molar-refractivity contribution in [2.45, 2.75) is 45.5 Å². The molecule has 1 unspecified atom stereocenters. The molecule has 5 nitrogen and oxygen atoms in total. The van der Waals surface area contributed by atoms with Crippen LogP contribution in [0.15, 0.2) is 24.3 Å². The van der Waals surface area contributed by atoms with Crippen molar-refractivity contribution in [2.75, 3.05) is 13.6 Å². The predicted molar refractivity (Wildman–Crippen MR) is 109 cm³/mol. The number of likely N-dealkylation sites (N-methyl/N-ethyl adjacent to an activating group) is 1. The topological polar surface area (TPSA) is 54.3 Å². The summed E-state index contributed by atoms with van der Waals surface area (Å²) >= 11 is 5.95. The Morgan fingerprint density at radius 2 is 1.87 bits per heavy atom. The Balaban J connectivity index is 2.29. The second-order valence-corrected chi connectivity index (χ2v) is 8.11. The Morgan fingerprint density at radius 3 is 2.33 bits per heavy atom. The van der Waals surface area contributed by atoms with E-state index in [2.05, 4.69) is 5.32 Å². The van der Waals surface area contributed by atoms with Crippen LogP contribution in [0.3, 0.4) is 0 Å². The normalized spacial score (nSPS) is 16.8. The largest absolute Gasteiger partial charge is 0.431 e. The standard InChI is InChI=1S/C21H23ClF3N3O2/c1-11(2)28-17(20(30)27(4)15-9-10-26-19(15)29)16(12(3)18(28)21(23,24)25)13-5-7-14(22)8-6-13/h5-8,11,15H,9-10H2,1-4H3,(H,26,29). The number of hydrogen-bond donors (Lipinski definition) is 1. The van der Waals surface area contributed by atoms with Gasteiger partial charge in [0, 0.05) is 30.2 Å². The van der Waals surface area contributed by atoms with Crippen molar-refractivity contribution < 1.29 is 22.8 Å². The first kappa shape index (κ1) is 22.2. The lowest BCUT2D eigenvalue weighted by Gasteiger charge is -2.25. The Morgan fingerprint density at radius 1 is 1.27 bits per heavy atom. The number of alkyl halides is 3. The van der Waals surface area contributed by atoms with Crippen molar-refractivity contribution in [2.24, 2.45) is 0 Å². The lowest BCUT2D eigenvalue weighted by Crippen LogP contribution is -2.42. The fourth-order valence-electron chi connectivity index (χ4n) is 4.01. The van der Waals surface area contributed by atoms with E-state index in [1.54, 1.807) is 38.1 Å². The Hall–Kier alpha value is -2.48. The number of hydrogen-bond acceptors (Lipinski definition) is 2. The van der Waals surface area contributed by atoms with Crippen LogP contribution in [0.1, 0.15) is 48.1 Å². The van der Waals surface area contributed by atoms with Crippen LogP contribution in [-0.2, 0) is 11.0 Å². The fourth-order valence-corrected chi connectivity index (χ4v) is 4.14. The molecule has 9 heteroatoms. The zero-order valence-electron chi connectivity index (χ0n) is 17.1. The zero-order valence-corrected chi connectivity index (χ0v) is 17.9. The molecule has 0 radical (unpaired) electrons. The average molecular weight is 442 g/mol. The molecule has 162 valence electrons. The molecule has 1 saturated heterocycles. The number of benzene rings is 1. The highest BCUT2D eigenvalue weighted by molar-refractivity contribution is 6.30. The molecule has 2 heterocycles. The van der Waals surface area contributed by atoms with E-state index < -0.39 is 29.9 Å². The van der Waals surface area contributed by atoms with Crippen LogP contribution in [0.5, 0.6) is 0 Å². The van der Waals surface area contributed by atoms with Gasteiger partial charge < -0.3 is 14.8 Å². The van der Waals surface area contributed by atoms with Gasteiger partial charge in [0.05, 0.1) is 0 Å². The van der Waals surface area contributed by atoms with E-state index >= 15 is 0 Å². The number of carbonyl (C=O) groups is 2. The minimum atomic E-state index is -4.66. The first-order chi connectivity index (χ1) is 13.9. The molecule has 3 rings (SSSR count). The summed E-state index contributed by atoms with van der Waals surface area (Å²) < 4.78 is 43.2. The molecule has 1 atom stereocenters. The molecule has 0 spiro atoms. The Bertz CT molecular complexity index is 981. The third kappa shape index (κ3) is 3.80. The van der Waals surface area contributed by atoms with Gasteiger partial charge in [-0.2, -0.15) is 13.2 Å². The molecule has 0 saturated carbocycles. The summed E-state index contributed by atoms with van der Waals surface area (Å²) in [6, 6.07) is 4.97. The summed E-state index contributed by atoms with van der Waals surface area (Å²) in [5.74, 6) is -0.941. The summed E-state index contributed by atoms with van der Waals surface area (Å²) in [5.41, 5.74) is -0.335. The third-order valence-electron chi connectivity index (χ3n) is 5.38. The first-order valence-corrected chi connectivity index (χ1v) is 9.95. The number of nitrogens with one attached hydrogen (secondary N) is 1. The van der Waals surface area contributed by atoms with Crippen molar-refractivity contribution >= 4 is 23.4 Å². The van der Waals surface area contributed by atoms with Gasteiger partial charge in [-0.05, 0) is 50.5 Å². The molecular weight excluding hydrogens is 419 g/mol. The van der Waals surface area contributed by atoms with Gasteiger partial charge in [0.1, 0.15) is 17.4 Å². The van der Waals surface area contributed by atoms with Gasteiger partial charge in [-0.25, -0.2) is 0 Å². The van der Waals surface area contributed by atoms with Gasteiger partial charge in [-0.3, -0.25) is 9.59 Å². The highest BCUT2D eigenvalue weighted by Gasteiger charge is 2.43. The second-order valence-electron chi connectivity index (χ2n) is 7.68. The lowest BCUT2D eigenvalue weighted by atomic mass is 10.00. The van der Waals surface area contributed by atoms with Gasteiger partial charge in [-0.1, -0.05) is 23.7 Å². The average Bonchev–Trinajstić information content (AvgIpc) is 3.22. The van der Waals surface area contributed by atoms with E-state index in [9.17, 15) is 22.8 Å². The lowest BCUT2D eigenvalue weighted by molar-refractivity contribution is -0.144. The Kier molecular flexibility index (Phi) is 5.91. The van der Waals surface area contributed by atoms with Crippen molar-refractivity contribution in [3.8, 4) is 11.1 Å². The molecule has 1 N–H and O–H groups in total. The fraction of sp³-hybridized carbons (Fsp3) is 0.429. The van der Waals surface area contributed by atoms with Crippen LogP contribution in [0.2, 0.25) is 5.02 Å². The van der Waals surface area contributed by atoms with Crippen LogP contribution in [0, 0.1) is 6.92 Å². The second kappa shape index (κ2) is 7.98. The zero-order chi connectivity index (χ0) is 22.4. The molecule has 1 aliphatic rings. The number of halogens is 4. The van der Waals surface area contributed by atoms with E-state index in [0.29, 0.717) is 23.6 Å². The molecule has 1 fully saturated rings. The number of nitrogens with zero attached hydrogens (tertiary/aromatic N) is 2. The molecule has 0 aliphatic carbocycles.